The van der Waals surface area contributed by atoms with Crippen molar-refractivity contribution < 1.29 is 0 Å². The van der Waals surface area contributed by atoms with E-state index in [2.05, 4.69) is 69.4 Å². The number of thiocarbonyl (C=S) groups is 2. The molecule has 2 aromatic carbocycles. The van der Waals surface area contributed by atoms with Gasteiger partial charge in [0.2, 0.25) is 0 Å². The van der Waals surface area contributed by atoms with Crippen LogP contribution in [0.2, 0.25) is 0 Å². The molecule has 0 radical (unpaired) electrons. The van der Waals surface area contributed by atoms with Crippen LogP contribution in [0.4, 0.5) is 0 Å². The molecule has 2 aromatic rings. The van der Waals surface area contributed by atoms with Crippen molar-refractivity contribution in [2.45, 2.75) is 39.5 Å². The van der Waals surface area contributed by atoms with Gasteiger partial charge in [-0.2, -0.15) is 0 Å². The summed E-state index contributed by atoms with van der Waals surface area (Å²) >= 11 is 11.0. The average molecular weight is 340 g/mol. The normalized spacial score (nSPS) is 13.7. The molecule has 1 aliphatic heterocycles. The predicted octanol–water partition coefficient (Wildman–Crippen LogP) is 5.55. The summed E-state index contributed by atoms with van der Waals surface area (Å²) in [7, 11) is 0. The molecule has 1 heterocycles. The Morgan fingerprint density at radius 2 is 1.22 bits per heavy atom. The summed E-state index contributed by atoms with van der Waals surface area (Å²) in [5.74, 6) is 0.906. The minimum Gasteiger partial charge on any atom is -0.337 e. The lowest BCUT2D eigenvalue weighted by molar-refractivity contribution is 0.838. The molecule has 1 aliphatic rings. The van der Waals surface area contributed by atoms with E-state index in [1.165, 1.54) is 22.3 Å². The summed E-state index contributed by atoms with van der Waals surface area (Å²) in [5, 5.41) is 3.15. The van der Waals surface area contributed by atoms with Crippen molar-refractivity contribution in [3.05, 3.63) is 58.7 Å². The lowest BCUT2D eigenvalue weighted by Gasteiger charge is -2.21. The van der Waals surface area contributed by atoms with Gasteiger partial charge < -0.3 is 5.32 Å². The number of fused-ring (bicyclic) bond motifs is 1. The van der Waals surface area contributed by atoms with E-state index in [0.29, 0.717) is 11.8 Å². The van der Waals surface area contributed by atoms with Crippen LogP contribution in [0.15, 0.2) is 36.4 Å². The Labute approximate surface area is 149 Å². The van der Waals surface area contributed by atoms with Crippen molar-refractivity contribution in [1.29, 1.82) is 0 Å². The smallest absolute Gasteiger partial charge is 0.112 e. The molecule has 118 valence electrons. The molecular weight excluding hydrogens is 318 g/mol. The number of rotatable bonds is 3. The molecule has 0 spiro atoms. The molecule has 1 nitrogen and oxygen atoms in total. The maximum Gasteiger partial charge on any atom is 0.112 e. The summed E-state index contributed by atoms with van der Waals surface area (Å²) in [5.41, 5.74) is 7.39. The predicted molar refractivity (Wildman–Crippen MR) is 107 cm³/mol. The Bertz CT molecular complexity index is 777. The minimum atomic E-state index is 0.453. The summed E-state index contributed by atoms with van der Waals surface area (Å²) in [4.78, 5) is 1.48. The zero-order valence-corrected chi connectivity index (χ0v) is 15.6. The van der Waals surface area contributed by atoms with Gasteiger partial charge in [0.1, 0.15) is 9.98 Å². The van der Waals surface area contributed by atoms with Gasteiger partial charge in [0.25, 0.3) is 0 Å². The van der Waals surface area contributed by atoms with Crippen molar-refractivity contribution in [1.82, 2.24) is 5.32 Å². The van der Waals surface area contributed by atoms with Crippen molar-refractivity contribution in [3.8, 4) is 11.1 Å². The molecule has 0 fully saturated rings. The Morgan fingerprint density at radius 1 is 0.696 bits per heavy atom. The summed E-state index contributed by atoms with van der Waals surface area (Å²) in [6.07, 6.45) is 0. The third kappa shape index (κ3) is 2.73. The molecule has 0 saturated heterocycles. The van der Waals surface area contributed by atoms with Crippen LogP contribution in [0.3, 0.4) is 0 Å². The van der Waals surface area contributed by atoms with Crippen LogP contribution in [-0.2, 0) is 0 Å². The largest absolute Gasteiger partial charge is 0.337 e. The van der Waals surface area contributed by atoms with E-state index in [9.17, 15) is 0 Å². The van der Waals surface area contributed by atoms with Gasteiger partial charge in [0.05, 0.1) is 0 Å². The Morgan fingerprint density at radius 3 is 1.78 bits per heavy atom. The van der Waals surface area contributed by atoms with E-state index in [4.69, 9.17) is 24.4 Å². The minimum absolute atomic E-state index is 0.453. The van der Waals surface area contributed by atoms with Crippen LogP contribution in [-0.4, -0.2) is 9.98 Å². The maximum atomic E-state index is 5.56. The van der Waals surface area contributed by atoms with Crippen LogP contribution >= 0.6 is 24.4 Å². The Balaban J connectivity index is 2.37. The first-order valence-corrected chi connectivity index (χ1v) is 8.85. The molecule has 0 unspecified atom stereocenters. The van der Waals surface area contributed by atoms with E-state index in [1.54, 1.807) is 0 Å². The highest BCUT2D eigenvalue weighted by Gasteiger charge is 2.26. The molecule has 0 amide bonds. The van der Waals surface area contributed by atoms with Crippen LogP contribution in [0.5, 0.6) is 0 Å². The summed E-state index contributed by atoms with van der Waals surface area (Å²) in [6.45, 7) is 8.97. The SMILES string of the molecule is CC(C)c1cccc(C(C)C)c1-c1cccc2c1C(=S)NC2=S. The average Bonchev–Trinajstić information content (AvgIpc) is 2.81. The molecule has 3 rings (SSSR count). The zero-order valence-electron chi connectivity index (χ0n) is 13.9. The molecule has 0 aliphatic carbocycles. The van der Waals surface area contributed by atoms with E-state index in [1.807, 2.05) is 0 Å². The number of hydrogen-bond donors (Lipinski definition) is 1. The van der Waals surface area contributed by atoms with Gasteiger partial charge >= 0.3 is 0 Å². The first-order chi connectivity index (χ1) is 10.9. The van der Waals surface area contributed by atoms with Crippen molar-refractivity contribution in [2.75, 3.05) is 0 Å². The van der Waals surface area contributed by atoms with E-state index < -0.39 is 0 Å². The highest BCUT2D eigenvalue weighted by atomic mass is 32.1. The van der Waals surface area contributed by atoms with Crippen LogP contribution in [0, 0.1) is 0 Å². The summed E-state index contributed by atoms with van der Waals surface area (Å²) in [6, 6.07) is 12.9. The number of nitrogens with one attached hydrogen (secondary N) is 1. The van der Waals surface area contributed by atoms with Gasteiger partial charge in [-0.3, -0.25) is 0 Å². The van der Waals surface area contributed by atoms with Gasteiger partial charge in [-0.15, -0.1) is 0 Å². The van der Waals surface area contributed by atoms with Crippen LogP contribution in [0.25, 0.3) is 11.1 Å². The Kier molecular flexibility index (Phi) is 4.35. The van der Waals surface area contributed by atoms with Crippen molar-refractivity contribution in [3.63, 3.8) is 0 Å². The maximum absolute atomic E-state index is 5.56. The molecule has 1 N–H and O–H groups in total. The van der Waals surface area contributed by atoms with Gasteiger partial charge in [0, 0.05) is 11.1 Å². The second-order valence-electron chi connectivity index (χ2n) is 6.63. The highest BCUT2D eigenvalue weighted by molar-refractivity contribution is 7.82. The lowest BCUT2D eigenvalue weighted by Crippen LogP contribution is -2.18. The molecule has 0 atom stereocenters. The standard InChI is InChI=1S/C20H21NS2/c1-11(2)13-7-5-8-14(12(3)4)17(13)15-9-6-10-16-18(15)20(23)21-19(16)22/h5-12H,1-4H3,(H,21,22,23). The molecule has 0 bridgehead atoms. The number of hydrogen-bond acceptors (Lipinski definition) is 2. The van der Waals surface area contributed by atoms with E-state index in [0.717, 1.165) is 21.1 Å². The topological polar surface area (TPSA) is 12.0 Å². The highest BCUT2D eigenvalue weighted by Crippen LogP contribution is 2.39. The first-order valence-electron chi connectivity index (χ1n) is 8.03. The molecule has 0 aromatic heterocycles. The lowest BCUT2D eigenvalue weighted by atomic mass is 9.83. The molecule has 0 saturated carbocycles. The van der Waals surface area contributed by atoms with E-state index in [-0.39, 0.29) is 0 Å². The fourth-order valence-electron chi connectivity index (χ4n) is 3.29. The second kappa shape index (κ2) is 6.14. The quantitative estimate of drug-likeness (QED) is 0.736. The van der Waals surface area contributed by atoms with Crippen molar-refractivity contribution in [2.24, 2.45) is 0 Å². The molecule has 3 heteroatoms. The summed E-state index contributed by atoms with van der Waals surface area (Å²) < 4.78 is 0. The van der Waals surface area contributed by atoms with Gasteiger partial charge in [-0.25, -0.2) is 0 Å². The van der Waals surface area contributed by atoms with Crippen LogP contribution < -0.4 is 5.32 Å². The van der Waals surface area contributed by atoms with Gasteiger partial charge in [0.15, 0.2) is 0 Å². The third-order valence-electron chi connectivity index (χ3n) is 4.41. The Hall–Kier alpha value is -1.58. The fourth-order valence-corrected chi connectivity index (χ4v) is 3.95. The first kappa shape index (κ1) is 16.3. The third-order valence-corrected chi connectivity index (χ3v) is 5.03. The van der Waals surface area contributed by atoms with Gasteiger partial charge in [-0.05, 0) is 34.1 Å². The number of benzene rings is 2. The molecular formula is C20H21NS2. The van der Waals surface area contributed by atoms with E-state index >= 15 is 0 Å². The second-order valence-corrected chi connectivity index (χ2v) is 7.45. The fraction of sp³-hybridized carbons (Fsp3) is 0.300. The molecule has 23 heavy (non-hydrogen) atoms. The monoisotopic (exact) mass is 339 g/mol. The van der Waals surface area contributed by atoms with Crippen molar-refractivity contribution >= 4 is 34.4 Å². The van der Waals surface area contributed by atoms with Gasteiger partial charge in [-0.1, -0.05) is 88.5 Å². The zero-order chi connectivity index (χ0) is 16.7. The van der Waals surface area contributed by atoms with Crippen LogP contribution in [0.1, 0.15) is 61.8 Å².